The van der Waals surface area contributed by atoms with Crippen molar-refractivity contribution >= 4 is 11.3 Å². The number of nitrogens with one attached hydrogen (secondary N) is 1. The summed E-state index contributed by atoms with van der Waals surface area (Å²) in [6.45, 7) is 7.00. The monoisotopic (exact) mass is 306 g/mol. The first kappa shape index (κ1) is 15.8. The molecule has 0 unspecified atom stereocenters. The van der Waals surface area contributed by atoms with E-state index < -0.39 is 0 Å². The molecule has 0 saturated heterocycles. The van der Waals surface area contributed by atoms with Crippen LogP contribution in [0.3, 0.4) is 0 Å². The van der Waals surface area contributed by atoms with E-state index in [2.05, 4.69) is 15.7 Å². The van der Waals surface area contributed by atoms with E-state index in [0.717, 1.165) is 41.7 Å². The first-order valence-corrected chi connectivity index (χ1v) is 8.14. The Morgan fingerprint density at radius 2 is 1.90 bits per heavy atom. The van der Waals surface area contributed by atoms with Gasteiger partial charge in [0.2, 0.25) is 0 Å². The van der Waals surface area contributed by atoms with E-state index in [1.165, 1.54) is 0 Å². The van der Waals surface area contributed by atoms with Crippen LogP contribution in [0.5, 0.6) is 11.5 Å². The number of rotatable bonds is 9. The Bertz CT molecular complexity index is 543. The van der Waals surface area contributed by atoms with Crippen LogP contribution in [0.2, 0.25) is 0 Å². The SMILES string of the molecule is CCOc1ccccc1OCCNCCc1csc(C)n1. The molecule has 0 aliphatic carbocycles. The number of ether oxygens (including phenoxy) is 2. The van der Waals surface area contributed by atoms with E-state index in [1.54, 1.807) is 11.3 Å². The zero-order valence-corrected chi connectivity index (χ0v) is 13.4. The summed E-state index contributed by atoms with van der Waals surface area (Å²) in [6.07, 6.45) is 0.958. The van der Waals surface area contributed by atoms with Gasteiger partial charge < -0.3 is 14.8 Å². The Morgan fingerprint density at radius 1 is 1.14 bits per heavy atom. The number of benzene rings is 1. The first-order valence-electron chi connectivity index (χ1n) is 7.26. The summed E-state index contributed by atoms with van der Waals surface area (Å²) in [6, 6.07) is 7.77. The lowest BCUT2D eigenvalue weighted by Crippen LogP contribution is -2.23. The molecular weight excluding hydrogens is 284 g/mol. The van der Waals surface area contributed by atoms with Crippen molar-refractivity contribution in [2.45, 2.75) is 20.3 Å². The van der Waals surface area contributed by atoms with E-state index in [9.17, 15) is 0 Å². The van der Waals surface area contributed by atoms with E-state index in [4.69, 9.17) is 9.47 Å². The number of para-hydroxylation sites is 2. The smallest absolute Gasteiger partial charge is 0.161 e. The summed E-state index contributed by atoms with van der Waals surface area (Å²) in [5, 5.41) is 6.61. The van der Waals surface area contributed by atoms with Gasteiger partial charge in [-0.15, -0.1) is 11.3 Å². The van der Waals surface area contributed by atoms with Gasteiger partial charge in [-0.2, -0.15) is 0 Å². The lowest BCUT2D eigenvalue weighted by Gasteiger charge is -2.11. The molecule has 0 fully saturated rings. The molecule has 0 aliphatic heterocycles. The molecule has 0 bridgehead atoms. The number of thiazole rings is 1. The van der Waals surface area contributed by atoms with Crippen LogP contribution in [0.15, 0.2) is 29.6 Å². The van der Waals surface area contributed by atoms with Crippen LogP contribution in [0.25, 0.3) is 0 Å². The van der Waals surface area contributed by atoms with Crippen molar-refractivity contribution in [2.75, 3.05) is 26.3 Å². The van der Waals surface area contributed by atoms with E-state index in [-0.39, 0.29) is 0 Å². The third kappa shape index (κ3) is 5.36. The first-order chi connectivity index (χ1) is 10.3. The zero-order valence-electron chi connectivity index (χ0n) is 12.6. The van der Waals surface area contributed by atoms with E-state index >= 15 is 0 Å². The molecule has 0 aliphatic rings. The Kier molecular flexibility index (Phi) is 6.50. The average Bonchev–Trinajstić information content (AvgIpc) is 2.90. The predicted molar refractivity (Wildman–Crippen MR) is 86.5 cm³/mol. The molecule has 4 nitrogen and oxygen atoms in total. The van der Waals surface area contributed by atoms with Crippen molar-refractivity contribution < 1.29 is 9.47 Å². The summed E-state index contributed by atoms with van der Waals surface area (Å²) in [4.78, 5) is 4.44. The normalized spacial score (nSPS) is 10.6. The summed E-state index contributed by atoms with van der Waals surface area (Å²) in [5.74, 6) is 1.61. The van der Waals surface area contributed by atoms with Crippen LogP contribution in [0, 0.1) is 6.92 Å². The number of hydrogen-bond acceptors (Lipinski definition) is 5. The standard InChI is InChI=1S/C16H22N2O2S/c1-3-19-15-6-4-5-7-16(15)20-11-10-17-9-8-14-12-21-13(2)18-14/h4-7,12,17H,3,8-11H2,1-2H3. The van der Waals surface area contributed by atoms with Gasteiger partial charge in [-0.3, -0.25) is 0 Å². The molecule has 114 valence electrons. The van der Waals surface area contributed by atoms with E-state index in [0.29, 0.717) is 13.2 Å². The van der Waals surface area contributed by atoms with Crippen molar-refractivity contribution in [3.8, 4) is 11.5 Å². The highest BCUT2D eigenvalue weighted by Crippen LogP contribution is 2.25. The van der Waals surface area contributed by atoms with Gasteiger partial charge in [0.1, 0.15) is 6.61 Å². The summed E-state index contributed by atoms with van der Waals surface area (Å²) in [5.41, 5.74) is 1.16. The molecule has 0 spiro atoms. The zero-order chi connectivity index (χ0) is 14.9. The molecule has 1 heterocycles. The number of aromatic nitrogens is 1. The van der Waals surface area contributed by atoms with Crippen LogP contribution in [0.1, 0.15) is 17.6 Å². The highest BCUT2D eigenvalue weighted by molar-refractivity contribution is 7.09. The largest absolute Gasteiger partial charge is 0.490 e. The van der Waals surface area contributed by atoms with Gasteiger partial charge in [-0.25, -0.2) is 4.98 Å². The number of hydrogen-bond donors (Lipinski definition) is 1. The highest BCUT2D eigenvalue weighted by Gasteiger charge is 2.03. The lowest BCUT2D eigenvalue weighted by atomic mass is 10.3. The van der Waals surface area contributed by atoms with Crippen molar-refractivity contribution in [3.05, 3.63) is 40.3 Å². The second kappa shape index (κ2) is 8.64. The second-order valence-corrected chi connectivity index (χ2v) is 5.65. The molecule has 0 saturated carbocycles. The lowest BCUT2D eigenvalue weighted by molar-refractivity contribution is 0.276. The highest BCUT2D eigenvalue weighted by atomic mass is 32.1. The maximum Gasteiger partial charge on any atom is 0.161 e. The third-order valence-electron chi connectivity index (χ3n) is 2.91. The Hall–Kier alpha value is -1.59. The molecule has 2 aromatic rings. The van der Waals surface area contributed by atoms with Crippen molar-refractivity contribution in [1.82, 2.24) is 10.3 Å². The fourth-order valence-electron chi connectivity index (χ4n) is 1.94. The van der Waals surface area contributed by atoms with Crippen LogP contribution >= 0.6 is 11.3 Å². The Morgan fingerprint density at radius 3 is 2.57 bits per heavy atom. The quantitative estimate of drug-likeness (QED) is 0.723. The van der Waals surface area contributed by atoms with Gasteiger partial charge in [0.05, 0.1) is 17.3 Å². The molecule has 2 rings (SSSR count). The van der Waals surface area contributed by atoms with Crippen molar-refractivity contribution in [2.24, 2.45) is 0 Å². The molecule has 1 aromatic carbocycles. The topological polar surface area (TPSA) is 43.4 Å². The van der Waals surface area contributed by atoms with Crippen LogP contribution in [0.4, 0.5) is 0 Å². The summed E-state index contributed by atoms with van der Waals surface area (Å²) in [7, 11) is 0. The maximum atomic E-state index is 5.75. The second-order valence-electron chi connectivity index (χ2n) is 4.59. The van der Waals surface area contributed by atoms with Gasteiger partial charge in [0, 0.05) is 24.9 Å². The summed E-state index contributed by atoms with van der Waals surface area (Å²) < 4.78 is 11.3. The Labute approximate surface area is 130 Å². The fraction of sp³-hybridized carbons (Fsp3) is 0.438. The molecule has 5 heteroatoms. The molecular formula is C16H22N2O2S. The molecule has 0 radical (unpaired) electrons. The molecule has 0 atom stereocenters. The van der Waals surface area contributed by atoms with Gasteiger partial charge in [0.15, 0.2) is 11.5 Å². The van der Waals surface area contributed by atoms with Gasteiger partial charge in [-0.05, 0) is 26.0 Å². The third-order valence-corrected chi connectivity index (χ3v) is 3.73. The maximum absolute atomic E-state index is 5.75. The molecule has 0 amide bonds. The molecule has 1 N–H and O–H groups in total. The van der Waals surface area contributed by atoms with E-state index in [1.807, 2.05) is 38.1 Å². The fourth-order valence-corrected chi connectivity index (χ4v) is 2.59. The van der Waals surface area contributed by atoms with Gasteiger partial charge in [-0.1, -0.05) is 12.1 Å². The van der Waals surface area contributed by atoms with Gasteiger partial charge in [0.25, 0.3) is 0 Å². The Balaban J connectivity index is 1.63. The number of nitrogens with zero attached hydrogens (tertiary/aromatic N) is 1. The summed E-state index contributed by atoms with van der Waals surface area (Å²) >= 11 is 1.70. The van der Waals surface area contributed by atoms with Crippen molar-refractivity contribution in [3.63, 3.8) is 0 Å². The minimum Gasteiger partial charge on any atom is -0.490 e. The minimum atomic E-state index is 0.625. The molecule has 21 heavy (non-hydrogen) atoms. The number of aryl methyl sites for hydroxylation is 1. The minimum absolute atomic E-state index is 0.625. The van der Waals surface area contributed by atoms with Crippen LogP contribution < -0.4 is 14.8 Å². The van der Waals surface area contributed by atoms with Crippen molar-refractivity contribution in [1.29, 1.82) is 0 Å². The molecule has 1 aromatic heterocycles. The van der Waals surface area contributed by atoms with Crippen LogP contribution in [-0.2, 0) is 6.42 Å². The van der Waals surface area contributed by atoms with Gasteiger partial charge >= 0.3 is 0 Å². The van der Waals surface area contributed by atoms with Crippen LogP contribution in [-0.4, -0.2) is 31.3 Å². The predicted octanol–water partition coefficient (Wildman–Crippen LogP) is 3.06. The average molecular weight is 306 g/mol.